The van der Waals surface area contributed by atoms with Crippen molar-refractivity contribution in [2.75, 3.05) is 0 Å². The lowest BCUT2D eigenvalue weighted by atomic mass is 10.0. The molecule has 0 spiro atoms. The van der Waals surface area contributed by atoms with Gasteiger partial charge in [-0.2, -0.15) is 0 Å². The van der Waals surface area contributed by atoms with Gasteiger partial charge in [-0.15, -0.1) is 11.3 Å². The summed E-state index contributed by atoms with van der Waals surface area (Å²) in [5.74, 6) is -0.0109. The number of aromatic nitrogens is 1. The van der Waals surface area contributed by atoms with Crippen LogP contribution in [-0.4, -0.2) is 24.4 Å². The average Bonchev–Trinajstić information content (AvgIpc) is 3.23. The van der Waals surface area contributed by atoms with Crippen molar-refractivity contribution in [1.82, 2.24) is 9.71 Å². The van der Waals surface area contributed by atoms with Crippen molar-refractivity contribution >= 4 is 37.4 Å². The minimum atomic E-state index is -3.77. The van der Waals surface area contributed by atoms with Crippen LogP contribution < -0.4 is 10.5 Å². The number of benzene rings is 3. The Balaban J connectivity index is 1.72. The molecule has 0 saturated heterocycles. The lowest BCUT2D eigenvalue weighted by Gasteiger charge is -2.17. The van der Waals surface area contributed by atoms with Gasteiger partial charge >= 0.3 is 0 Å². The van der Waals surface area contributed by atoms with Crippen molar-refractivity contribution in [3.05, 3.63) is 95.0 Å². The van der Waals surface area contributed by atoms with Gasteiger partial charge in [0, 0.05) is 5.56 Å². The van der Waals surface area contributed by atoms with Crippen LogP contribution in [0.5, 0.6) is 0 Å². The van der Waals surface area contributed by atoms with Crippen LogP contribution in [0.4, 0.5) is 0 Å². The quantitative estimate of drug-likeness (QED) is 0.171. The Morgan fingerprint density at radius 1 is 1.06 bits per heavy atom. The number of nitrogens with one attached hydrogen (secondary N) is 1. The van der Waals surface area contributed by atoms with Gasteiger partial charge in [0.25, 0.3) is 0 Å². The maximum atomic E-state index is 13.0. The molecule has 1 aromatic heterocycles. The Labute approximate surface area is 183 Å². The van der Waals surface area contributed by atoms with Crippen LogP contribution in [0.3, 0.4) is 0 Å². The molecule has 4 N–H and O–H groups in total. The minimum Gasteiger partial charge on any atom is -0.409 e. The number of nitrogens with two attached hydrogens (primary N) is 1. The SMILES string of the molecule is NC(=NO)c1cccc(C[C@@H](NS(=O)(=O)c2ccccc2)c2nc3ccccc3s2)c1. The fraction of sp³-hybridized carbons (Fsp3) is 0.0909. The van der Waals surface area contributed by atoms with Gasteiger partial charge in [-0.3, -0.25) is 0 Å². The first kappa shape index (κ1) is 21.0. The van der Waals surface area contributed by atoms with E-state index in [0.717, 1.165) is 15.8 Å². The van der Waals surface area contributed by atoms with E-state index in [9.17, 15) is 8.42 Å². The zero-order chi connectivity index (χ0) is 21.8. The maximum absolute atomic E-state index is 13.0. The summed E-state index contributed by atoms with van der Waals surface area (Å²) >= 11 is 1.45. The van der Waals surface area contributed by atoms with E-state index in [1.165, 1.54) is 11.3 Å². The van der Waals surface area contributed by atoms with Gasteiger partial charge in [0.05, 0.1) is 21.2 Å². The molecule has 0 aliphatic carbocycles. The van der Waals surface area contributed by atoms with Gasteiger partial charge in [0.15, 0.2) is 5.84 Å². The van der Waals surface area contributed by atoms with Gasteiger partial charge in [-0.1, -0.05) is 53.7 Å². The topological polar surface area (TPSA) is 118 Å². The van der Waals surface area contributed by atoms with Crippen LogP contribution in [0.15, 0.2) is 88.9 Å². The summed E-state index contributed by atoms with van der Waals surface area (Å²) in [6.45, 7) is 0. The second-order valence-electron chi connectivity index (χ2n) is 6.90. The van der Waals surface area contributed by atoms with Crippen LogP contribution >= 0.6 is 11.3 Å². The largest absolute Gasteiger partial charge is 0.409 e. The molecule has 0 unspecified atom stereocenters. The van der Waals surface area contributed by atoms with Crippen molar-refractivity contribution in [1.29, 1.82) is 0 Å². The van der Waals surface area contributed by atoms with Gasteiger partial charge in [0.1, 0.15) is 5.01 Å². The summed E-state index contributed by atoms with van der Waals surface area (Å²) in [4.78, 5) is 4.85. The standard InChI is InChI=1S/C22H20N4O3S2/c23-21(25-27)16-8-6-7-15(13-16)14-19(22-24-18-11-4-5-12-20(18)30-22)26-31(28,29)17-9-2-1-3-10-17/h1-13,19,26-27H,14H2,(H2,23,25)/t19-/m1/s1. The molecule has 0 amide bonds. The molecule has 0 bridgehead atoms. The summed E-state index contributed by atoms with van der Waals surface area (Å²) in [5.41, 5.74) is 7.90. The molecule has 0 radical (unpaired) electrons. The zero-order valence-corrected chi connectivity index (χ0v) is 18.0. The van der Waals surface area contributed by atoms with Crippen molar-refractivity contribution in [2.45, 2.75) is 17.4 Å². The summed E-state index contributed by atoms with van der Waals surface area (Å²) in [7, 11) is -3.77. The summed E-state index contributed by atoms with van der Waals surface area (Å²) in [5, 5.41) is 12.7. The van der Waals surface area contributed by atoms with Crippen LogP contribution in [0.25, 0.3) is 10.2 Å². The molecule has 158 valence electrons. The Kier molecular flexibility index (Phi) is 5.99. The lowest BCUT2D eigenvalue weighted by molar-refractivity contribution is 0.318. The smallest absolute Gasteiger partial charge is 0.241 e. The molecule has 1 heterocycles. The Hall–Kier alpha value is -3.27. The number of amidine groups is 1. The second kappa shape index (κ2) is 8.84. The highest BCUT2D eigenvalue weighted by Gasteiger charge is 2.24. The summed E-state index contributed by atoms with van der Waals surface area (Å²) in [6, 6.07) is 22.5. The molecule has 3 aromatic carbocycles. The highest BCUT2D eigenvalue weighted by molar-refractivity contribution is 7.89. The zero-order valence-electron chi connectivity index (χ0n) is 16.3. The highest BCUT2D eigenvalue weighted by atomic mass is 32.2. The van der Waals surface area contributed by atoms with Crippen molar-refractivity contribution in [3.63, 3.8) is 0 Å². The van der Waals surface area contributed by atoms with Gasteiger partial charge in [0.2, 0.25) is 10.0 Å². The third-order valence-electron chi connectivity index (χ3n) is 4.73. The number of nitrogens with zero attached hydrogens (tertiary/aromatic N) is 2. The normalized spacial score (nSPS) is 13.4. The van der Waals surface area contributed by atoms with E-state index in [0.29, 0.717) is 17.0 Å². The van der Waals surface area contributed by atoms with Gasteiger partial charge in [-0.25, -0.2) is 18.1 Å². The molecule has 0 fully saturated rings. The lowest BCUT2D eigenvalue weighted by Crippen LogP contribution is -2.30. The first-order chi connectivity index (χ1) is 15.0. The monoisotopic (exact) mass is 452 g/mol. The predicted octanol–water partition coefficient (Wildman–Crippen LogP) is 3.65. The fourth-order valence-electron chi connectivity index (χ4n) is 3.22. The fourth-order valence-corrected chi connectivity index (χ4v) is 5.54. The van der Waals surface area contributed by atoms with Gasteiger partial charge in [-0.05, 0) is 42.3 Å². The van der Waals surface area contributed by atoms with Crippen LogP contribution in [0.2, 0.25) is 0 Å². The van der Waals surface area contributed by atoms with Crippen LogP contribution in [0, 0.1) is 0 Å². The Morgan fingerprint density at radius 3 is 2.55 bits per heavy atom. The Bertz CT molecular complexity index is 1300. The molecule has 31 heavy (non-hydrogen) atoms. The first-order valence-electron chi connectivity index (χ1n) is 9.46. The molecular weight excluding hydrogens is 432 g/mol. The molecule has 9 heteroatoms. The number of hydrogen-bond acceptors (Lipinski definition) is 6. The number of fused-ring (bicyclic) bond motifs is 1. The van der Waals surface area contributed by atoms with E-state index in [-0.39, 0.29) is 10.7 Å². The number of oxime groups is 1. The number of para-hydroxylation sites is 1. The van der Waals surface area contributed by atoms with E-state index in [1.54, 1.807) is 48.5 Å². The number of sulfonamides is 1. The molecule has 4 rings (SSSR count). The average molecular weight is 453 g/mol. The number of thiazole rings is 1. The minimum absolute atomic E-state index is 0.0109. The summed E-state index contributed by atoms with van der Waals surface area (Å²) < 4.78 is 29.9. The van der Waals surface area contributed by atoms with E-state index in [4.69, 9.17) is 10.9 Å². The third kappa shape index (κ3) is 4.74. The molecule has 7 nitrogen and oxygen atoms in total. The molecule has 0 aliphatic heterocycles. The van der Waals surface area contributed by atoms with E-state index in [1.807, 2.05) is 30.3 Å². The molecule has 0 saturated carbocycles. The number of rotatable bonds is 7. The van der Waals surface area contributed by atoms with E-state index >= 15 is 0 Å². The van der Waals surface area contributed by atoms with Crippen molar-refractivity contribution < 1.29 is 13.6 Å². The first-order valence-corrected chi connectivity index (χ1v) is 11.8. The molecular formula is C22H20N4O3S2. The third-order valence-corrected chi connectivity index (χ3v) is 7.37. The number of hydrogen-bond donors (Lipinski definition) is 3. The van der Waals surface area contributed by atoms with Crippen LogP contribution in [-0.2, 0) is 16.4 Å². The van der Waals surface area contributed by atoms with Crippen LogP contribution in [0.1, 0.15) is 22.2 Å². The molecule has 1 atom stereocenters. The maximum Gasteiger partial charge on any atom is 0.241 e. The van der Waals surface area contributed by atoms with E-state index in [2.05, 4.69) is 14.9 Å². The molecule has 0 aliphatic rings. The Morgan fingerprint density at radius 2 is 1.81 bits per heavy atom. The van der Waals surface area contributed by atoms with Crippen molar-refractivity contribution in [3.8, 4) is 0 Å². The predicted molar refractivity (Wildman–Crippen MR) is 122 cm³/mol. The molecule has 4 aromatic rings. The highest BCUT2D eigenvalue weighted by Crippen LogP contribution is 2.29. The van der Waals surface area contributed by atoms with E-state index < -0.39 is 16.1 Å². The summed E-state index contributed by atoms with van der Waals surface area (Å²) in [6.07, 6.45) is 0.346. The second-order valence-corrected chi connectivity index (χ2v) is 9.67. The van der Waals surface area contributed by atoms with Crippen molar-refractivity contribution in [2.24, 2.45) is 10.9 Å². The van der Waals surface area contributed by atoms with Gasteiger partial charge < -0.3 is 10.9 Å².